The third-order valence-electron chi connectivity index (χ3n) is 3.15. The Morgan fingerprint density at radius 1 is 1.32 bits per heavy atom. The molecule has 0 aliphatic carbocycles. The summed E-state index contributed by atoms with van der Waals surface area (Å²) in [5.41, 5.74) is 4.67. The number of nitrogens with zero attached hydrogens (tertiary/aromatic N) is 1. The second-order valence-corrected chi connectivity index (χ2v) is 6.23. The van der Waals surface area contributed by atoms with Crippen LogP contribution in [-0.4, -0.2) is 11.5 Å². The molecule has 1 N–H and O–H groups in total. The van der Waals surface area contributed by atoms with Crippen LogP contribution in [0.4, 0.5) is 5.69 Å². The van der Waals surface area contributed by atoms with Crippen LogP contribution in [0.5, 0.6) is 0 Å². The fraction of sp³-hybridized carbons (Fsp3) is 0.438. The van der Waals surface area contributed by atoms with Crippen LogP contribution < -0.4 is 5.32 Å². The van der Waals surface area contributed by atoms with Crippen LogP contribution in [-0.2, 0) is 6.42 Å². The van der Waals surface area contributed by atoms with Crippen molar-refractivity contribution < 1.29 is 0 Å². The molecule has 0 amide bonds. The minimum atomic E-state index is 0.617. The van der Waals surface area contributed by atoms with Crippen molar-refractivity contribution in [2.75, 3.05) is 11.9 Å². The Hall–Kier alpha value is -1.09. The summed E-state index contributed by atoms with van der Waals surface area (Å²) in [5.74, 6) is 0.617. The van der Waals surface area contributed by atoms with E-state index in [9.17, 15) is 0 Å². The quantitative estimate of drug-likeness (QED) is 0.863. The topological polar surface area (TPSA) is 24.9 Å². The van der Waals surface area contributed by atoms with E-state index in [1.165, 1.54) is 22.3 Å². The van der Waals surface area contributed by atoms with Gasteiger partial charge in [-0.15, -0.1) is 0 Å². The molecular formula is C16H21BrN2. The summed E-state index contributed by atoms with van der Waals surface area (Å²) in [7, 11) is 0. The van der Waals surface area contributed by atoms with Gasteiger partial charge in [-0.2, -0.15) is 0 Å². The average molecular weight is 321 g/mol. The molecule has 0 fully saturated rings. The summed E-state index contributed by atoms with van der Waals surface area (Å²) >= 11 is 3.65. The number of hydrogen-bond acceptors (Lipinski definition) is 2. The van der Waals surface area contributed by atoms with Crippen LogP contribution in [0.3, 0.4) is 0 Å². The van der Waals surface area contributed by atoms with Crippen molar-refractivity contribution in [3.63, 3.8) is 0 Å². The molecule has 2 aromatic rings. The van der Waals surface area contributed by atoms with Crippen LogP contribution in [0.15, 0.2) is 22.7 Å². The number of pyridine rings is 1. The molecule has 0 unspecified atom stereocenters. The summed E-state index contributed by atoms with van der Waals surface area (Å²) in [4.78, 5) is 4.85. The van der Waals surface area contributed by atoms with Gasteiger partial charge in [0.2, 0.25) is 0 Å². The molecule has 2 nitrogen and oxygen atoms in total. The lowest BCUT2D eigenvalue weighted by Crippen LogP contribution is -2.04. The van der Waals surface area contributed by atoms with Gasteiger partial charge in [0, 0.05) is 27.8 Å². The highest BCUT2D eigenvalue weighted by molar-refractivity contribution is 9.10. The molecule has 3 heteroatoms. The lowest BCUT2D eigenvalue weighted by Gasteiger charge is -2.14. The largest absolute Gasteiger partial charge is 0.385 e. The van der Waals surface area contributed by atoms with Crippen molar-refractivity contribution in [3.8, 4) is 0 Å². The Morgan fingerprint density at radius 2 is 2.05 bits per heavy atom. The van der Waals surface area contributed by atoms with E-state index < -0.39 is 0 Å². The zero-order valence-corrected chi connectivity index (χ0v) is 13.6. The zero-order valence-electron chi connectivity index (χ0n) is 12.0. The molecule has 102 valence electrons. The number of halogens is 1. The van der Waals surface area contributed by atoms with E-state index in [-0.39, 0.29) is 0 Å². The van der Waals surface area contributed by atoms with Gasteiger partial charge in [0.15, 0.2) is 0 Å². The fourth-order valence-corrected chi connectivity index (χ4v) is 2.87. The van der Waals surface area contributed by atoms with Crippen molar-refractivity contribution in [1.29, 1.82) is 0 Å². The lowest BCUT2D eigenvalue weighted by molar-refractivity contribution is 0.637. The van der Waals surface area contributed by atoms with Crippen molar-refractivity contribution in [2.24, 2.45) is 5.92 Å². The molecule has 0 bridgehead atoms. The zero-order chi connectivity index (χ0) is 14.0. The van der Waals surface area contributed by atoms with Gasteiger partial charge in [-0.1, -0.05) is 35.8 Å². The fourth-order valence-electron chi connectivity index (χ4n) is 2.34. The molecule has 0 aliphatic rings. The van der Waals surface area contributed by atoms with Crippen LogP contribution in [0.25, 0.3) is 10.9 Å². The summed E-state index contributed by atoms with van der Waals surface area (Å²) < 4.78 is 1.10. The maximum atomic E-state index is 4.85. The number of aromatic nitrogens is 1. The van der Waals surface area contributed by atoms with Crippen LogP contribution >= 0.6 is 15.9 Å². The molecule has 1 aromatic heterocycles. The average Bonchev–Trinajstić information content (AvgIpc) is 2.33. The van der Waals surface area contributed by atoms with Gasteiger partial charge in [-0.05, 0) is 43.9 Å². The van der Waals surface area contributed by atoms with E-state index in [1.807, 2.05) is 0 Å². The third kappa shape index (κ3) is 3.08. The molecule has 1 heterocycles. The molecule has 2 rings (SSSR count). The van der Waals surface area contributed by atoms with Crippen LogP contribution in [0.1, 0.15) is 32.0 Å². The second-order valence-electron chi connectivity index (χ2n) is 5.38. The lowest BCUT2D eigenvalue weighted by atomic mass is 10.0. The molecule has 0 aliphatic heterocycles. The Balaban J connectivity index is 2.68. The Kier molecular flexibility index (Phi) is 4.46. The minimum Gasteiger partial charge on any atom is -0.385 e. The third-order valence-corrected chi connectivity index (χ3v) is 3.81. The number of nitrogens with one attached hydrogen (secondary N) is 1. The molecule has 0 saturated heterocycles. The first-order valence-corrected chi connectivity index (χ1v) is 7.64. The number of benzene rings is 1. The SMILES string of the molecule is CCNc1cc(CC(C)C)nc2c(C)ccc(Br)c12. The second kappa shape index (κ2) is 5.91. The molecule has 0 radical (unpaired) electrons. The normalized spacial score (nSPS) is 11.3. The van der Waals surface area contributed by atoms with Gasteiger partial charge in [-0.3, -0.25) is 4.98 Å². The van der Waals surface area contributed by atoms with E-state index in [2.05, 4.69) is 67.1 Å². The summed E-state index contributed by atoms with van der Waals surface area (Å²) in [6.07, 6.45) is 1.01. The number of rotatable bonds is 4. The Bertz CT molecular complexity index is 591. The van der Waals surface area contributed by atoms with Crippen molar-refractivity contribution in [1.82, 2.24) is 4.98 Å². The number of aryl methyl sites for hydroxylation is 1. The molecule has 0 atom stereocenters. The molecule has 0 spiro atoms. The van der Waals surface area contributed by atoms with Gasteiger partial charge in [0.1, 0.15) is 0 Å². The summed E-state index contributed by atoms with van der Waals surface area (Å²) in [5, 5.41) is 4.65. The predicted molar refractivity (Wildman–Crippen MR) is 86.9 cm³/mol. The van der Waals surface area contributed by atoms with E-state index in [1.54, 1.807) is 0 Å². The van der Waals surface area contributed by atoms with Gasteiger partial charge in [0.25, 0.3) is 0 Å². The first-order chi connectivity index (χ1) is 9.02. The summed E-state index contributed by atoms with van der Waals surface area (Å²) in [6.45, 7) is 9.62. The van der Waals surface area contributed by atoms with E-state index in [4.69, 9.17) is 4.98 Å². The van der Waals surface area contributed by atoms with Crippen molar-refractivity contribution in [3.05, 3.63) is 33.9 Å². The minimum absolute atomic E-state index is 0.617. The van der Waals surface area contributed by atoms with Crippen LogP contribution in [0, 0.1) is 12.8 Å². The maximum Gasteiger partial charge on any atom is 0.0766 e. The van der Waals surface area contributed by atoms with E-state index in [0.29, 0.717) is 5.92 Å². The number of fused-ring (bicyclic) bond motifs is 1. The molecular weight excluding hydrogens is 300 g/mol. The smallest absolute Gasteiger partial charge is 0.0766 e. The molecule has 19 heavy (non-hydrogen) atoms. The van der Waals surface area contributed by atoms with Gasteiger partial charge in [0.05, 0.1) is 5.52 Å². The standard InChI is InChI=1S/C16H21BrN2/c1-5-18-14-9-12(8-10(2)3)19-16-11(4)6-7-13(17)15(14)16/h6-7,9-10H,5,8H2,1-4H3,(H,18,19). The Labute approximate surface area is 123 Å². The molecule has 0 saturated carbocycles. The highest BCUT2D eigenvalue weighted by Gasteiger charge is 2.11. The maximum absolute atomic E-state index is 4.85. The monoisotopic (exact) mass is 320 g/mol. The highest BCUT2D eigenvalue weighted by Crippen LogP contribution is 2.32. The summed E-state index contributed by atoms with van der Waals surface area (Å²) in [6, 6.07) is 6.41. The van der Waals surface area contributed by atoms with Crippen molar-refractivity contribution >= 4 is 32.5 Å². The van der Waals surface area contributed by atoms with E-state index in [0.717, 1.165) is 23.0 Å². The number of anilines is 1. The van der Waals surface area contributed by atoms with Crippen molar-refractivity contribution in [2.45, 2.75) is 34.1 Å². The number of hydrogen-bond donors (Lipinski definition) is 1. The van der Waals surface area contributed by atoms with Gasteiger partial charge in [-0.25, -0.2) is 0 Å². The van der Waals surface area contributed by atoms with Gasteiger partial charge < -0.3 is 5.32 Å². The predicted octanol–water partition coefficient (Wildman–Crippen LogP) is 4.94. The first kappa shape index (κ1) is 14.3. The van der Waals surface area contributed by atoms with E-state index >= 15 is 0 Å². The first-order valence-electron chi connectivity index (χ1n) is 6.85. The van der Waals surface area contributed by atoms with Crippen LogP contribution in [0.2, 0.25) is 0 Å². The highest BCUT2D eigenvalue weighted by atomic mass is 79.9. The van der Waals surface area contributed by atoms with Gasteiger partial charge >= 0.3 is 0 Å². The molecule has 1 aromatic carbocycles. The Morgan fingerprint density at radius 3 is 2.68 bits per heavy atom.